The molecule has 1 atom stereocenters. The van der Waals surface area contributed by atoms with Crippen molar-refractivity contribution in [3.05, 3.63) is 77.1 Å². The largest absolute Gasteiger partial charge is 0.467 e. The van der Waals surface area contributed by atoms with Crippen LogP contribution in [0.15, 0.2) is 54.6 Å². The van der Waals surface area contributed by atoms with E-state index in [2.05, 4.69) is 15.4 Å². The summed E-state index contributed by atoms with van der Waals surface area (Å²) in [6, 6.07) is 13.8. The van der Waals surface area contributed by atoms with Crippen molar-refractivity contribution < 1.29 is 27.1 Å². The van der Waals surface area contributed by atoms with Gasteiger partial charge in [0.25, 0.3) is 5.91 Å². The molecule has 0 saturated carbocycles. The van der Waals surface area contributed by atoms with Crippen molar-refractivity contribution in [3.8, 4) is 17.1 Å². The summed E-state index contributed by atoms with van der Waals surface area (Å²) in [5.74, 6) is -1.56. The Balaban J connectivity index is 1.43. The van der Waals surface area contributed by atoms with Gasteiger partial charge in [0.2, 0.25) is 5.88 Å². The van der Waals surface area contributed by atoms with Crippen LogP contribution in [0.25, 0.3) is 22.3 Å². The van der Waals surface area contributed by atoms with Gasteiger partial charge in [-0.2, -0.15) is 23.3 Å². The first-order valence-corrected chi connectivity index (χ1v) is 10.9. The maximum Gasteiger partial charge on any atom is 0.417 e. The van der Waals surface area contributed by atoms with Gasteiger partial charge in [-0.25, -0.2) is 9.07 Å². The number of aryl methyl sites for hydroxylation is 2. The molecule has 4 aromatic rings. The molecule has 0 saturated heterocycles. The molecule has 2 heterocycles. The van der Waals surface area contributed by atoms with Crippen LogP contribution >= 0.6 is 0 Å². The number of carbonyl (C=O) groups excluding carboxylic acids is 1. The van der Waals surface area contributed by atoms with Crippen LogP contribution in [0, 0.1) is 5.82 Å². The monoisotopic (exact) mass is 484 g/mol. The molecule has 2 aromatic heterocycles. The molecule has 1 unspecified atom stereocenters. The van der Waals surface area contributed by atoms with Crippen LogP contribution in [0.2, 0.25) is 0 Å². The van der Waals surface area contributed by atoms with E-state index in [4.69, 9.17) is 4.74 Å². The van der Waals surface area contributed by atoms with Gasteiger partial charge in [-0.1, -0.05) is 36.4 Å². The Morgan fingerprint density at radius 2 is 1.91 bits per heavy atom. The van der Waals surface area contributed by atoms with Crippen molar-refractivity contribution in [1.29, 1.82) is 0 Å². The molecule has 6 nitrogen and oxygen atoms in total. The number of aromatic nitrogens is 3. The van der Waals surface area contributed by atoms with Crippen LogP contribution in [0.5, 0.6) is 5.88 Å². The molecule has 0 fully saturated rings. The third-order valence-corrected chi connectivity index (χ3v) is 6.02. The zero-order valence-electron chi connectivity index (χ0n) is 18.6. The lowest BCUT2D eigenvalue weighted by molar-refractivity contribution is -0.136. The third-order valence-electron chi connectivity index (χ3n) is 6.02. The predicted molar refractivity (Wildman–Crippen MR) is 120 cm³/mol. The highest BCUT2D eigenvalue weighted by atomic mass is 19.4. The Kier molecular flexibility index (Phi) is 5.66. The van der Waals surface area contributed by atoms with E-state index in [-0.39, 0.29) is 34.2 Å². The molecule has 1 aliphatic rings. The molecule has 2 aromatic carbocycles. The lowest BCUT2D eigenvalue weighted by Crippen LogP contribution is -2.31. The van der Waals surface area contributed by atoms with E-state index in [1.54, 1.807) is 0 Å². The van der Waals surface area contributed by atoms with Crippen LogP contribution in [0.1, 0.15) is 29.2 Å². The van der Waals surface area contributed by atoms with Gasteiger partial charge in [-0.3, -0.25) is 4.79 Å². The highest BCUT2D eigenvalue weighted by molar-refractivity contribution is 5.95. The predicted octanol–water partition coefficient (Wildman–Crippen LogP) is 4.98. The first-order chi connectivity index (χ1) is 16.7. The fraction of sp³-hybridized carbons (Fsp3) is 0.240. The third kappa shape index (κ3) is 4.31. The molecule has 5 rings (SSSR count). The minimum Gasteiger partial charge on any atom is -0.467 e. The molecule has 35 heavy (non-hydrogen) atoms. The van der Waals surface area contributed by atoms with Gasteiger partial charge in [0, 0.05) is 18.7 Å². The van der Waals surface area contributed by atoms with E-state index < -0.39 is 30.1 Å². The van der Waals surface area contributed by atoms with E-state index in [0.29, 0.717) is 6.07 Å². The van der Waals surface area contributed by atoms with Crippen molar-refractivity contribution in [2.24, 2.45) is 7.05 Å². The van der Waals surface area contributed by atoms with Crippen LogP contribution in [-0.4, -0.2) is 27.3 Å². The summed E-state index contributed by atoms with van der Waals surface area (Å²) in [6.45, 7) is -0.507. The molecule has 1 aliphatic carbocycles. The molecule has 10 heteroatoms. The molecular weight excluding hydrogens is 464 g/mol. The second-order valence-corrected chi connectivity index (χ2v) is 8.30. The van der Waals surface area contributed by atoms with E-state index in [9.17, 15) is 22.4 Å². The van der Waals surface area contributed by atoms with Crippen molar-refractivity contribution in [2.45, 2.75) is 25.1 Å². The smallest absolute Gasteiger partial charge is 0.417 e. The van der Waals surface area contributed by atoms with E-state index in [0.717, 1.165) is 34.7 Å². The van der Waals surface area contributed by atoms with Gasteiger partial charge >= 0.3 is 6.18 Å². The minimum absolute atomic E-state index is 0.0738. The molecule has 0 spiro atoms. The van der Waals surface area contributed by atoms with Crippen LogP contribution in [-0.2, 0) is 24.4 Å². The summed E-state index contributed by atoms with van der Waals surface area (Å²) in [7, 11) is 1.41. The van der Waals surface area contributed by atoms with Gasteiger partial charge < -0.3 is 10.1 Å². The van der Waals surface area contributed by atoms with Crippen LogP contribution in [0.3, 0.4) is 0 Å². The summed E-state index contributed by atoms with van der Waals surface area (Å²) in [6.07, 6.45) is -3.22. The van der Waals surface area contributed by atoms with E-state index >= 15 is 0 Å². The SMILES string of the molecule is Cn1nc(-c2ccccc2F)c2c(C(F)(F)F)cc(OCC(=O)NC3CCc4ccccc43)nc21. The number of alkyl halides is 3. The number of nitrogens with one attached hydrogen (secondary N) is 1. The van der Waals surface area contributed by atoms with Gasteiger partial charge in [-0.15, -0.1) is 0 Å². The zero-order valence-corrected chi connectivity index (χ0v) is 18.6. The number of amides is 1. The number of ether oxygens (including phenoxy) is 1. The van der Waals surface area contributed by atoms with Crippen molar-refractivity contribution >= 4 is 16.9 Å². The van der Waals surface area contributed by atoms with Crippen LogP contribution in [0.4, 0.5) is 17.6 Å². The van der Waals surface area contributed by atoms with Gasteiger partial charge in [0.1, 0.15) is 11.5 Å². The fourth-order valence-corrected chi connectivity index (χ4v) is 4.45. The molecule has 0 bridgehead atoms. The number of fused-ring (bicyclic) bond motifs is 2. The Morgan fingerprint density at radius 3 is 2.69 bits per heavy atom. The fourth-order valence-electron chi connectivity index (χ4n) is 4.45. The molecule has 0 radical (unpaired) electrons. The molecule has 0 aliphatic heterocycles. The summed E-state index contributed by atoms with van der Waals surface area (Å²) >= 11 is 0. The topological polar surface area (TPSA) is 69.0 Å². The Morgan fingerprint density at radius 1 is 1.17 bits per heavy atom. The quantitative estimate of drug-likeness (QED) is 0.406. The normalized spacial score (nSPS) is 15.3. The molecular formula is C25H20F4N4O2. The molecule has 1 N–H and O–H groups in total. The summed E-state index contributed by atoms with van der Waals surface area (Å²) in [4.78, 5) is 16.6. The number of nitrogens with zero attached hydrogens (tertiary/aromatic N) is 3. The van der Waals surface area contributed by atoms with Gasteiger partial charge in [0.05, 0.1) is 17.0 Å². The number of hydrogen-bond acceptors (Lipinski definition) is 4. The lowest BCUT2D eigenvalue weighted by atomic mass is 10.0. The van der Waals surface area contributed by atoms with Crippen molar-refractivity contribution in [3.63, 3.8) is 0 Å². The number of pyridine rings is 1. The van der Waals surface area contributed by atoms with E-state index in [1.807, 2.05) is 24.3 Å². The first kappa shape index (κ1) is 22.8. The molecule has 180 valence electrons. The first-order valence-electron chi connectivity index (χ1n) is 10.9. The zero-order chi connectivity index (χ0) is 24.7. The summed E-state index contributed by atoms with van der Waals surface area (Å²) in [5, 5.41) is 6.61. The van der Waals surface area contributed by atoms with Gasteiger partial charge in [0.15, 0.2) is 12.3 Å². The maximum atomic E-state index is 14.4. The van der Waals surface area contributed by atoms with Crippen molar-refractivity contribution in [2.75, 3.05) is 6.61 Å². The second kappa shape index (κ2) is 8.68. The Bertz CT molecular complexity index is 1430. The second-order valence-electron chi connectivity index (χ2n) is 8.30. The average Bonchev–Trinajstić information content (AvgIpc) is 3.38. The maximum absolute atomic E-state index is 14.4. The number of hydrogen-bond donors (Lipinski definition) is 1. The summed E-state index contributed by atoms with van der Waals surface area (Å²) < 4.78 is 62.9. The average molecular weight is 484 g/mol. The number of halogens is 4. The highest BCUT2D eigenvalue weighted by Gasteiger charge is 2.37. The number of benzene rings is 2. The highest BCUT2D eigenvalue weighted by Crippen LogP contribution is 2.41. The van der Waals surface area contributed by atoms with Crippen molar-refractivity contribution in [1.82, 2.24) is 20.1 Å². The van der Waals surface area contributed by atoms with E-state index in [1.165, 1.54) is 25.2 Å². The van der Waals surface area contributed by atoms with Gasteiger partial charge in [-0.05, 0) is 36.1 Å². The minimum atomic E-state index is -4.79. The number of rotatable bonds is 5. The number of carbonyl (C=O) groups is 1. The Labute approximate surface area is 197 Å². The summed E-state index contributed by atoms with van der Waals surface area (Å²) in [5.41, 5.74) is 0.713. The standard InChI is InChI=1S/C25H20F4N4O2/c1-33-24-22(23(32-33)16-8-4-5-9-18(16)26)17(25(27,28)29)12-21(31-24)35-13-20(34)30-19-11-10-14-6-2-3-7-15(14)19/h2-9,12,19H,10-11,13H2,1H3,(H,30,34). The van der Waals surface area contributed by atoms with Crippen LogP contribution < -0.4 is 10.1 Å². The lowest BCUT2D eigenvalue weighted by Gasteiger charge is -2.15. The molecule has 1 amide bonds. The Hall–Kier alpha value is -3.95.